The Morgan fingerprint density at radius 1 is 1.33 bits per heavy atom. The van der Waals surface area contributed by atoms with Gasteiger partial charge in [0.05, 0.1) is 12.7 Å². The zero-order chi connectivity index (χ0) is 11.1. The van der Waals surface area contributed by atoms with Crippen LogP contribution in [0.25, 0.3) is 0 Å². The molecule has 3 heteroatoms. The van der Waals surface area contributed by atoms with Gasteiger partial charge in [-0.1, -0.05) is 30.3 Å². The number of nitrogens with one attached hydrogen (secondary N) is 1. The lowest BCUT2D eigenvalue weighted by Crippen LogP contribution is -2.31. The van der Waals surface area contributed by atoms with Crippen molar-refractivity contribution in [3.63, 3.8) is 0 Å². The summed E-state index contributed by atoms with van der Waals surface area (Å²) in [6.07, 6.45) is -0.443. The Hall–Kier alpha value is -0.900. The molecular weight excluding hydrogens is 190 g/mol. The molecule has 0 fully saturated rings. The Morgan fingerprint density at radius 3 is 2.60 bits per heavy atom. The van der Waals surface area contributed by atoms with E-state index in [1.165, 1.54) is 5.56 Å². The minimum absolute atomic E-state index is 0.248. The van der Waals surface area contributed by atoms with Crippen LogP contribution < -0.4 is 5.32 Å². The summed E-state index contributed by atoms with van der Waals surface area (Å²) < 4.78 is 4.85. The summed E-state index contributed by atoms with van der Waals surface area (Å²) >= 11 is 0. The lowest BCUT2D eigenvalue weighted by atomic mass is 10.1. The highest BCUT2D eigenvalue weighted by molar-refractivity contribution is 5.17. The summed E-state index contributed by atoms with van der Waals surface area (Å²) in [5.74, 6) is 0. The van der Waals surface area contributed by atoms with E-state index in [1.54, 1.807) is 7.11 Å². The van der Waals surface area contributed by atoms with Crippen molar-refractivity contribution >= 4 is 0 Å². The first kappa shape index (κ1) is 12.2. The minimum Gasteiger partial charge on any atom is -0.389 e. The first-order valence-corrected chi connectivity index (χ1v) is 5.19. The zero-order valence-corrected chi connectivity index (χ0v) is 9.31. The van der Waals surface area contributed by atoms with Crippen LogP contribution in [-0.2, 0) is 4.74 Å². The molecule has 15 heavy (non-hydrogen) atoms. The predicted octanol–water partition coefficient (Wildman–Crippen LogP) is 1.34. The largest absolute Gasteiger partial charge is 0.389 e. The van der Waals surface area contributed by atoms with E-state index in [-0.39, 0.29) is 6.04 Å². The number of rotatable bonds is 6. The third kappa shape index (κ3) is 4.42. The Morgan fingerprint density at radius 2 is 2.00 bits per heavy atom. The van der Waals surface area contributed by atoms with E-state index in [9.17, 15) is 5.11 Å². The molecule has 0 aliphatic rings. The van der Waals surface area contributed by atoms with Gasteiger partial charge in [-0.05, 0) is 12.5 Å². The first-order chi connectivity index (χ1) is 7.24. The highest BCUT2D eigenvalue weighted by Gasteiger charge is 2.07. The summed E-state index contributed by atoms with van der Waals surface area (Å²) in [7, 11) is 1.59. The van der Waals surface area contributed by atoms with E-state index >= 15 is 0 Å². The van der Waals surface area contributed by atoms with Crippen LogP contribution in [0.1, 0.15) is 18.5 Å². The van der Waals surface area contributed by atoms with Crippen LogP contribution in [0.3, 0.4) is 0 Å². The molecule has 84 valence electrons. The zero-order valence-electron chi connectivity index (χ0n) is 9.31. The quantitative estimate of drug-likeness (QED) is 0.743. The molecule has 0 bridgehead atoms. The van der Waals surface area contributed by atoms with Crippen molar-refractivity contribution in [2.75, 3.05) is 20.3 Å². The fourth-order valence-electron chi connectivity index (χ4n) is 1.42. The van der Waals surface area contributed by atoms with Gasteiger partial charge in [-0.3, -0.25) is 0 Å². The number of benzene rings is 1. The Balaban J connectivity index is 2.33. The van der Waals surface area contributed by atoms with Crippen LogP contribution in [0.15, 0.2) is 30.3 Å². The van der Waals surface area contributed by atoms with Gasteiger partial charge in [0, 0.05) is 19.7 Å². The highest BCUT2D eigenvalue weighted by atomic mass is 16.5. The molecule has 0 saturated carbocycles. The summed E-state index contributed by atoms with van der Waals surface area (Å²) in [4.78, 5) is 0. The van der Waals surface area contributed by atoms with Crippen LogP contribution in [0, 0.1) is 0 Å². The number of hydrogen-bond acceptors (Lipinski definition) is 3. The van der Waals surface area contributed by atoms with E-state index in [0.29, 0.717) is 13.2 Å². The van der Waals surface area contributed by atoms with Crippen molar-refractivity contribution in [1.29, 1.82) is 0 Å². The van der Waals surface area contributed by atoms with Crippen LogP contribution in [-0.4, -0.2) is 31.5 Å². The fourth-order valence-corrected chi connectivity index (χ4v) is 1.42. The van der Waals surface area contributed by atoms with Crippen LogP contribution in [0.5, 0.6) is 0 Å². The van der Waals surface area contributed by atoms with Gasteiger partial charge >= 0.3 is 0 Å². The maximum atomic E-state index is 9.46. The maximum Gasteiger partial charge on any atom is 0.0897 e. The molecule has 1 rings (SSSR count). The molecule has 0 aliphatic heterocycles. The van der Waals surface area contributed by atoms with Crippen LogP contribution >= 0.6 is 0 Å². The van der Waals surface area contributed by atoms with Crippen molar-refractivity contribution < 1.29 is 9.84 Å². The average Bonchev–Trinajstić information content (AvgIpc) is 2.27. The second-order valence-corrected chi connectivity index (χ2v) is 3.65. The summed E-state index contributed by atoms with van der Waals surface area (Å²) in [5.41, 5.74) is 1.22. The molecule has 0 heterocycles. The Kier molecular flexibility index (Phi) is 5.32. The maximum absolute atomic E-state index is 9.46. The molecule has 0 aromatic heterocycles. The van der Waals surface area contributed by atoms with Gasteiger partial charge < -0.3 is 15.2 Å². The van der Waals surface area contributed by atoms with Gasteiger partial charge in [-0.15, -0.1) is 0 Å². The van der Waals surface area contributed by atoms with Gasteiger partial charge in [0.15, 0.2) is 0 Å². The second kappa shape index (κ2) is 6.56. The normalized spacial score (nSPS) is 14.9. The molecule has 2 N–H and O–H groups in total. The monoisotopic (exact) mass is 209 g/mol. The summed E-state index contributed by atoms with van der Waals surface area (Å²) in [5, 5.41) is 12.7. The SMILES string of the molecule is COCC(O)CN[C@H](C)c1ccccc1. The van der Waals surface area contributed by atoms with E-state index in [4.69, 9.17) is 4.74 Å². The minimum atomic E-state index is -0.443. The molecule has 0 amide bonds. The van der Waals surface area contributed by atoms with Crippen molar-refractivity contribution in [2.24, 2.45) is 0 Å². The lowest BCUT2D eigenvalue weighted by Gasteiger charge is -2.16. The first-order valence-electron chi connectivity index (χ1n) is 5.19. The molecule has 3 nitrogen and oxygen atoms in total. The van der Waals surface area contributed by atoms with Crippen molar-refractivity contribution in [3.05, 3.63) is 35.9 Å². The second-order valence-electron chi connectivity index (χ2n) is 3.65. The van der Waals surface area contributed by atoms with Gasteiger partial charge in [-0.2, -0.15) is 0 Å². The Bertz CT molecular complexity index is 264. The van der Waals surface area contributed by atoms with Gasteiger partial charge in [0.1, 0.15) is 0 Å². The van der Waals surface area contributed by atoms with Crippen molar-refractivity contribution in [1.82, 2.24) is 5.32 Å². The average molecular weight is 209 g/mol. The molecule has 0 spiro atoms. The molecule has 2 atom stereocenters. The third-order valence-corrected chi connectivity index (χ3v) is 2.32. The van der Waals surface area contributed by atoms with E-state index in [2.05, 4.69) is 24.4 Å². The molecule has 0 radical (unpaired) electrons. The standard InChI is InChI=1S/C12H19NO2/c1-10(11-6-4-3-5-7-11)13-8-12(14)9-15-2/h3-7,10,12-14H,8-9H2,1-2H3/t10-,12?/m1/s1. The number of ether oxygens (including phenoxy) is 1. The summed E-state index contributed by atoms with van der Waals surface area (Å²) in [6.45, 7) is 2.99. The Labute approximate surface area is 91.1 Å². The van der Waals surface area contributed by atoms with Crippen molar-refractivity contribution in [3.8, 4) is 0 Å². The number of methoxy groups -OCH3 is 1. The highest BCUT2D eigenvalue weighted by Crippen LogP contribution is 2.10. The third-order valence-electron chi connectivity index (χ3n) is 2.32. The summed E-state index contributed by atoms with van der Waals surface area (Å²) in [6, 6.07) is 10.4. The number of aliphatic hydroxyl groups is 1. The molecule has 1 aromatic carbocycles. The van der Waals surface area contributed by atoms with E-state index < -0.39 is 6.10 Å². The predicted molar refractivity (Wildman–Crippen MR) is 60.7 cm³/mol. The van der Waals surface area contributed by atoms with Gasteiger partial charge in [0.25, 0.3) is 0 Å². The van der Waals surface area contributed by atoms with Gasteiger partial charge in [-0.25, -0.2) is 0 Å². The van der Waals surface area contributed by atoms with Crippen LogP contribution in [0.2, 0.25) is 0 Å². The fraction of sp³-hybridized carbons (Fsp3) is 0.500. The number of hydrogen-bond donors (Lipinski definition) is 2. The number of aliphatic hydroxyl groups excluding tert-OH is 1. The van der Waals surface area contributed by atoms with E-state index in [0.717, 1.165) is 0 Å². The molecule has 0 aliphatic carbocycles. The van der Waals surface area contributed by atoms with E-state index in [1.807, 2.05) is 18.2 Å². The molecule has 1 aromatic rings. The molecular formula is C12H19NO2. The van der Waals surface area contributed by atoms with Gasteiger partial charge in [0.2, 0.25) is 0 Å². The topological polar surface area (TPSA) is 41.5 Å². The molecule has 1 unspecified atom stereocenters. The lowest BCUT2D eigenvalue weighted by molar-refractivity contribution is 0.0630. The van der Waals surface area contributed by atoms with Crippen LogP contribution in [0.4, 0.5) is 0 Å². The van der Waals surface area contributed by atoms with Crippen molar-refractivity contribution in [2.45, 2.75) is 19.1 Å². The molecule has 0 saturated heterocycles. The smallest absolute Gasteiger partial charge is 0.0897 e.